The van der Waals surface area contributed by atoms with Crippen molar-refractivity contribution in [1.82, 2.24) is 0 Å². The first-order valence-corrected chi connectivity index (χ1v) is 6.05. The summed E-state index contributed by atoms with van der Waals surface area (Å²) in [7, 11) is 0. The number of carbonyl (C=O) groups is 1. The predicted molar refractivity (Wildman–Crippen MR) is 56.0 cm³/mol. The van der Waals surface area contributed by atoms with Gasteiger partial charge in [-0.15, -0.1) is 0 Å². The molecule has 0 aromatic heterocycles. The van der Waals surface area contributed by atoms with Gasteiger partial charge >= 0.3 is 51.4 Å². The molecule has 1 N–H and O–H groups in total. The Morgan fingerprint density at radius 1 is 1.44 bits per heavy atom. The predicted octanol–water partition coefficient (Wildman–Crippen LogP) is -1.90. The summed E-state index contributed by atoms with van der Waals surface area (Å²) in [6.07, 6.45) is 5.79. The Balaban J connectivity index is 0.00000225. The number of hydrogen-bond donors (Lipinski definition) is 1. The quantitative estimate of drug-likeness (QED) is 0.581. The Morgan fingerprint density at radius 3 is 2.62 bits per heavy atom. The van der Waals surface area contributed by atoms with Crippen LogP contribution in [0, 0.1) is 11.8 Å². The van der Waals surface area contributed by atoms with Crippen LogP contribution in [0.3, 0.4) is 0 Å². The molecule has 4 heteroatoms. The van der Waals surface area contributed by atoms with Crippen molar-refractivity contribution in [3.63, 3.8) is 0 Å². The van der Waals surface area contributed by atoms with Crippen LogP contribution in [0.1, 0.15) is 51.9 Å². The van der Waals surface area contributed by atoms with Crippen molar-refractivity contribution in [3.8, 4) is 0 Å². The number of aliphatic carboxylic acids is 1. The van der Waals surface area contributed by atoms with E-state index in [4.69, 9.17) is 0 Å². The molecule has 1 rings (SSSR count). The second-order valence-electron chi connectivity index (χ2n) is 4.58. The van der Waals surface area contributed by atoms with Crippen molar-refractivity contribution in [1.29, 1.82) is 0 Å². The zero-order valence-electron chi connectivity index (χ0n) is 10.4. The summed E-state index contributed by atoms with van der Waals surface area (Å²) < 4.78 is 0. The third kappa shape index (κ3) is 5.15. The third-order valence-electron chi connectivity index (χ3n) is 3.47. The number of aliphatic hydroxyl groups is 1. The topological polar surface area (TPSA) is 60.4 Å². The first-order chi connectivity index (χ1) is 7.16. The largest absolute Gasteiger partial charge is 1.00 e. The number of carboxylic acids is 1. The van der Waals surface area contributed by atoms with Crippen molar-refractivity contribution < 1.29 is 66.4 Å². The monoisotopic (exact) mass is 252 g/mol. The van der Waals surface area contributed by atoms with Crippen LogP contribution in [0.15, 0.2) is 0 Å². The molecule has 0 spiro atoms. The van der Waals surface area contributed by atoms with Crippen LogP contribution < -0.4 is 56.5 Å². The van der Waals surface area contributed by atoms with Gasteiger partial charge in [0.25, 0.3) is 0 Å². The van der Waals surface area contributed by atoms with Crippen LogP contribution in [-0.2, 0) is 4.79 Å². The smallest absolute Gasteiger partial charge is 0.550 e. The molecule has 0 heterocycles. The molecule has 1 aliphatic rings. The third-order valence-corrected chi connectivity index (χ3v) is 3.47. The Hall–Kier alpha value is 1.07. The van der Waals surface area contributed by atoms with Gasteiger partial charge in [-0.25, -0.2) is 0 Å². The average Bonchev–Trinajstić information content (AvgIpc) is 2.25. The van der Waals surface area contributed by atoms with Gasteiger partial charge in [0, 0.05) is 11.9 Å². The Labute approximate surface area is 140 Å². The molecule has 0 radical (unpaired) electrons. The summed E-state index contributed by atoms with van der Waals surface area (Å²) in [5.41, 5.74) is 0. The number of hydrogen-bond acceptors (Lipinski definition) is 3. The fourth-order valence-electron chi connectivity index (χ4n) is 2.54. The Kier molecular flexibility index (Phi) is 9.66. The molecule has 1 fully saturated rings. The normalized spacial score (nSPS) is 26.9. The van der Waals surface area contributed by atoms with E-state index in [9.17, 15) is 15.0 Å². The van der Waals surface area contributed by atoms with Crippen LogP contribution >= 0.6 is 0 Å². The van der Waals surface area contributed by atoms with Crippen LogP contribution in [-0.4, -0.2) is 17.2 Å². The molecule has 0 aromatic carbocycles. The minimum atomic E-state index is -0.977. The molecular weight excluding hydrogens is 231 g/mol. The van der Waals surface area contributed by atoms with Crippen LogP contribution in [0.5, 0.6) is 0 Å². The van der Waals surface area contributed by atoms with Crippen LogP contribution in [0.2, 0.25) is 0 Å². The van der Waals surface area contributed by atoms with Gasteiger partial charge in [-0.3, -0.25) is 0 Å². The van der Waals surface area contributed by atoms with Crippen molar-refractivity contribution in [2.24, 2.45) is 11.8 Å². The molecule has 3 unspecified atom stereocenters. The fraction of sp³-hybridized carbons (Fsp3) is 0.917. The fourth-order valence-corrected chi connectivity index (χ4v) is 2.54. The van der Waals surface area contributed by atoms with Crippen molar-refractivity contribution >= 4 is 5.97 Å². The number of carboxylic acid groups (broad SMARTS) is 1. The van der Waals surface area contributed by atoms with Gasteiger partial charge in [0.15, 0.2) is 0 Å². The van der Waals surface area contributed by atoms with Gasteiger partial charge in [0.2, 0.25) is 0 Å². The van der Waals surface area contributed by atoms with E-state index in [1.165, 1.54) is 0 Å². The van der Waals surface area contributed by atoms with E-state index in [0.717, 1.165) is 38.5 Å². The maximum Gasteiger partial charge on any atom is 1.00 e. The molecule has 3 atom stereocenters. The van der Waals surface area contributed by atoms with Gasteiger partial charge in [-0.05, 0) is 25.2 Å². The standard InChI is InChI=1S/C12H22O3.K/c1-2-3-8-11(13)9-6-4-5-7-10(9)12(14)15;/h9-11,13H,2-8H2,1H3,(H,14,15);/q;+1/p-1. The van der Waals surface area contributed by atoms with Crippen molar-refractivity contribution in [2.75, 3.05) is 0 Å². The molecule has 0 saturated heterocycles. The molecule has 1 aliphatic carbocycles. The Bertz CT molecular complexity index is 208. The first-order valence-electron chi connectivity index (χ1n) is 6.05. The van der Waals surface area contributed by atoms with E-state index in [1.807, 2.05) is 0 Å². The molecule has 1 saturated carbocycles. The summed E-state index contributed by atoms with van der Waals surface area (Å²) in [5.74, 6) is -1.48. The SMILES string of the molecule is CCCCC(O)C1CCCCC1C(=O)[O-].[K+]. The maximum absolute atomic E-state index is 10.9. The molecule has 88 valence electrons. The summed E-state index contributed by atoms with van der Waals surface area (Å²) >= 11 is 0. The van der Waals surface area contributed by atoms with E-state index in [2.05, 4.69) is 6.92 Å². The van der Waals surface area contributed by atoms with E-state index in [0.29, 0.717) is 6.42 Å². The zero-order valence-corrected chi connectivity index (χ0v) is 13.6. The zero-order chi connectivity index (χ0) is 11.3. The van der Waals surface area contributed by atoms with Gasteiger partial charge in [0.1, 0.15) is 0 Å². The average molecular weight is 252 g/mol. The molecule has 0 bridgehead atoms. The van der Waals surface area contributed by atoms with Crippen LogP contribution in [0.4, 0.5) is 0 Å². The van der Waals surface area contributed by atoms with Gasteiger partial charge < -0.3 is 15.0 Å². The van der Waals surface area contributed by atoms with Gasteiger partial charge in [0.05, 0.1) is 6.10 Å². The summed E-state index contributed by atoms with van der Waals surface area (Å²) in [6.45, 7) is 2.07. The minimum absolute atomic E-state index is 0. The summed E-state index contributed by atoms with van der Waals surface area (Å²) in [5, 5.41) is 20.9. The minimum Gasteiger partial charge on any atom is -0.550 e. The molecule has 0 amide bonds. The van der Waals surface area contributed by atoms with Crippen molar-refractivity contribution in [2.45, 2.75) is 58.0 Å². The number of carbonyl (C=O) groups excluding carboxylic acids is 1. The molecule has 0 aromatic rings. The van der Waals surface area contributed by atoms with E-state index >= 15 is 0 Å². The molecule has 3 nitrogen and oxygen atoms in total. The van der Waals surface area contributed by atoms with Crippen LogP contribution in [0.25, 0.3) is 0 Å². The van der Waals surface area contributed by atoms with Gasteiger partial charge in [-0.1, -0.05) is 32.6 Å². The van der Waals surface area contributed by atoms with E-state index in [-0.39, 0.29) is 57.3 Å². The van der Waals surface area contributed by atoms with Crippen molar-refractivity contribution in [3.05, 3.63) is 0 Å². The molecule has 16 heavy (non-hydrogen) atoms. The Morgan fingerprint density at radius 2 is 2.06 bits per heavy atom. The number of unbranched alkanes of at least 4 members (excludes halogenated alkanes) is 1. The van der Waals surface area contributed by atoms with Gasteiger partial charge in [-0.2, -0.15) is 0 Å². The van der Waals surface area contributed by atoms with E-state index < -0.39 is 18.0 Å². The summed E-state index contributed by atoms with van der Waals surface area (Å²) in [4.78, 5) is 10.9. The summed E-state index contributed by atoms with van der Waals surface area (Å²) in [6, 6.07) is 0. The molecular formula is C12H21KO3. The second-order valence-corrected chi connectivity index (χ2v) is 4.58. The molecule has 0 aliphatic heterocycles. The number of aliphatic hydroxyl groups excluding tert-OH is 1. The maximum atomic E-state index is 10.9. The van der Waals surface area contributed by atoms with E-state index in [1.54, 1.807) is 0 Å². The number of rotatable bonds is 5. The second kappa shape index (κ2) is 9.06. The first kappa shape index (κ1) is 17.1.